The third-order valence-corrected chi connectivity index (χ3v) is 3.26. The summed E-state index contributed by atoms with van der Waals surface area (Å²) in [7, 11) is 0. The minimum atomic E-state index is 0.407. The van der Waals surface area contributed by atoms with Crippen LogP contribution in [0.2, 0.25) is 0 Å². The zero-order chi connectivity index (χ0) is 10.7. The van der Waals surface area contributed by atoms with Crippen molar-refractivity contribution < 1.29 is 0 Å². The van der Waals surface area contributed by atoms with Gasteiger partial charge in [0.25, 0.3) is 0 Å². The molecule has 1 aliphatic rings. The summed E-state index contributed by atoms with van der Waals surface area (Å²) in [5.74, 6) is 0. The molecule has 4 heteroatoms. The predicted molar refractivity (Wildman–Crippen MR) is 60.5 cm³/mol. The number of likely N-dealkylation sites (tertiary alicyclic amines) is 1. The molecule has 0 radical (unpaired) electrons. The highest BCUT2D eigenvalue weighted by Crippen LogP contribution is 2.15. The van der Waals surface area contributed by atoms with Gasteiger partial charge in [-0.05, 0) is 26.3 Å². The fraction of sp³-hybridized carbons (Fsp3) is 0.727. The number of hydrogen-bond acceptors (Lipinski definition) is 3. The Morgan fingerprint density at radius 1 is 1.47 bits per heavy atom. The van der Waals surface area contributed by atoms with E-state index in [1.165, 1.54) is 0 Å². The third kappa shape index (κ3) is 2.79. The zero-order valence-electron chi connectivity index (χ0n) is 9.34. The molecule has 1 aromatic rings. The fourth-order valence-electron chi connectivity index (χ4n) is 2.25. The summed E-state index contributed by atoms with van der Waals surface area (Å²) in [4.78, 5) is 6.56. The van der Waals surface area contributed by atoms with E-state index in [1.54, 1.807) is 0 Å². The van der Waals surface area contributed by atoms with Crippen LogP contribution >= 0.6 is 0 Å². The Morgan fingerprint density at radius 2 is 2.33 bits per heavy atom. The maximum Gasteiger partial charge on any atom is 0.0946 e. The number of rotatable bonds is 3. The van der Waals surface area contributed by atoms with E-state index in [2.05, 4.69) is 21.4 Å². The van der Waals surface area contributed by atoms with Gasteiger partial charge >= 0.3 is 0 Å². The van der Waals surface area contributed by atoms with E-state index in [0.29, 0.717) is 12.1 Å². The molecule has 1 saturated heterocycles. The highest BCUT2D eigenvalue weighted by Gasteiger charge is 2.22. The average molecular weight is 208 g/mol. The summed E-state index contributed by atoms with van der Waals surface area (Å²) >= 11 is 0. The summed E-state index contributed by atoms with van der Waals surface area (Å²) in [6.07, 6.45) is 7.98. The molecule has 2 heterocycles. The Labute approximate surface area is 91.1 Å². The van der Waals surface area contributed by atoms with Crippen LogP contribution in [0.25, 0.3) is 0 Å². The maximum atomic E-state index is 5.94. The van der Waals surface area contributed by atoms with Gasteiger partial charge in [0.2, 0.25) is 0 Å². The lowest BCUT2D eigenvalue weighted by Gasteiger charge is -2.36. The van der Waals surface area contributed by atoms with Gasteiger partial charge in [-0.15, -0.1) is 0 Å². The number of piperidine rings is 1. The molecule has 15 heavy (non-hydrogen) atoms. The Balaban J connectivity index is 1.79. The van der Waals surface area contributed by atoms with E-state index < -0.39 is 0 Å². The van der Waals surface area contributed by atoms with E-state index in [1.807, 2.05) is 18.7 Å². The number of aromatic nitrogens is 2. The van der Waals surface area contributed by atoms with Crippen molar-refractivity contribution >= 4 is 0 Å². The van der Waals surface area contributed by atoms with E-state index in [-0.39, 0.29) is 0 Å². The first-order chi connectivity index (χ1) is 7.25. The van der Waals surface area contributed by atoms with Crippen molar-refractivity contribution in [3.05, 3.63) is 18.7 Å². The molecule has 1 aromatic heterocycles. The highest BCUT2D eigenvalue weighted by molar-refractivity contribution is 4.81. The summed E-state index contributed by atoms with van der Waals surface area (Å²) in [5.41, 5.74) is 5.94. The predicted octanol–water partition coefficient (Wildman–Crippen LogP) is 0.695. The summed E-state index contributed by atoms with van der Waals surface area (Å²) in [5, 5.41) is 0. The molecule has 1 fully saturated rings. The van der Waals surface area contributed by atoms with Gasteiger partial charge in [-0.25, -0.2) is 4.98 Å². The number of nitrogens with two attached hydrogens (primary N) is 1. The molecular formula is C11H20N4. The van der Waals surface area contributed by atoms with Gasteiger partial charge in [0.1, 0.15) is 0 Å². The lowest BCUT2D eigenvalue weighted by molar-refractivity contribution is 0.142. The van der Waals surface area contributed by atoms with Gasteiger partial charge in [-0.1, -0.05) is 0 Å². The van der Waals surface area contributed by atoms with Crippen molar-refractivity contribution in [1.29, 1.82) is 0 Å². The smallest absolute Gasteiger partial charge is 0.0946 e. The van der Waals surface area contributed by atoms with E-state index in [9.17, 15) is 0 Å². The molecular weight excluding hydrogens is 188 g/mol. The van der Waals surface area contributed by atoms with Crippen molar-refractivity contribution in [3.8, 4) is 0 Å². The molecule has 84 valence electrons. The Hall–Kier alpha value is -0.870. The van der Waals surface area contributed by atoms with Crippen molar-refractivity contribution in [2.24, 2.45) is 5.73 Å². The van der Waals surface area contributed by atoms with Crippen molar-refractivity contribution in [2.75, 3.05) is 13.1 Å². The number of nitrogens with zero attached hydrogens (tertiary/aromatic N) is 3. The van der Waals surface area contributed by atoms with Gasteiger partial charge in [-0.3, -0.25) is 4.90 Å². The topological polar surface area (TPSA) is 47.1 Å². The lowest BCUT2D eigenvalue weighted by atomic mass is 9.99. The first kappa shape index (κ1) is 10.6. The minimum Gasteiger partial charge on any atom is -0.336 e. The second-order valence-corrected chi connectivity index (χ2v) is 4.47. The normalized spacial score (nSPS) is 28.1. The van der Waals surface area contributed by atoms with E-state index in [0.717, 1.165) is 32.5 Å². The summed E-state index contributed by atoms with van der Waals surface area (Å²) in [6.45, 7) is 5.54. The second kappa shape index (κ2) is 4.77. The van der Waals surface area contributed by atoms with Crippen molar-refractivity contribution in [3.63, 3.8) is 0 Å². The minimum absolute atomic E-state index is 0.407. The van der Waals surface area contributed by atoms with Crippen molar-refractivity contribution in [1.82, 2.24) is 14.5 Å². The molecule has 0 saturated carbocycles. The van der Waals surface area contributed by atoms with Gasteiger partial charge in [-0.2, -0.15) is 0 Å². The maximum absolute atomic E-state index is 5.94. The molecule has 0 bridgehead atoms. The monoisotopic (exact) mass is 208 g/mol. The highest BCUT2D eigenvalue weighted by atomic mass is 15.2. The van der Waals surface area contributed by atoms with Crippen molar-refractivity contribution in [2.45, 2.75) is 38.4 Å². The molecule has 0 amide bonds. The van der Waals surface area contributed by atoms with Crippen LogP contribution in [0.1, 0.15) is 19.8 Å². The van der Waals surface area contributed by atoms with Gasteiger partial charge < -0.3 is 10.3 Å². The first-order valence-electron chi connectivity index (χ1n) is 5.71. The molecule has 2 atom stereocenters. The fourth-order valence-corrected chi connectivity index (χ4v) is 2.25. The largest absolute Gasteiger partial charge is 0.336 e. The van der Waals surface area contributed by atoms with Crippen LogP contribution in [-0.4, -0.2) is 39.6 Å². The average Bonchev–Trinajstić information content (AvgIpc) is 2.69. The summed E-state index contributed by atoms with van der Waals surface area (Å²) < 4.78 is 2.13. The van der Waals surface area contributed by atoms with E-state index >= 15 is 0 Å². The molecule has 0 aliphatic carbocycles. The van der Waals surface area contributed by atoms with Crippen LogP contribution in [0, 0.1) is 0 Å². The Kier molecular flexibility index (Phi) is 3.38. The molecule has 1 aliphatic heterocycles. The molecule has 2 N–H and O–H groups in total. The second-order valence-electron chi connectivity index (χ2n) is 4.47. The number of hydrogen-bond donors (Lipinski definition) is 1. The van der Waals surface area contributed by atoms with Crippen LogP contribution < -0.4 is 5.73 Å². The third-order valence-electron chi connectivity index (χ3n) is 3.26. The molecule has 0 spiro atoms. The molecule has 2 unspecified atom stereocenters. The van der Waals surface area contributed by atoms with Gasteiger partial charge in [0, 0.05) is 37.6 Å². The zero-order valence-corrected chi connectivity index (χ0v) is 9.34. The van der Waals surface area contributed by atoms with Gasteiger partial charge in [0.05, 0.1) is 6.33 Å². The number of imidazole rings is 1. The molecule has 2 rings (SSSR count). The summed E-state index contributed by atoms with van der Waals surface area (Å²) in [6, 6.07) is 1.03. The SMILES string of the molecule is CC1CC(N)CCN1CCn1ccnc1. The van der Waals surface area contributed by atoms with Crippen LogP contribution in [0.5, 0.6) is 0 Å². The first-order valence-corrected chi connectivity index (χ1v) is 5.71. The molecule has 0 aromatic carbocycles. The standard InChI is InChI=1S/C11H20N4/c1-10-8-11(12)2-4-15(10)7-6-14-5-3-13-9-14/h3,5,9-11H,2,4,6-8,12H2,1H3. The van der Waals surface area contributed by atoms with Crippen LogP contribution in [-0.2, 0) is 6.54 Å². The van der Waals surface area contributed by atoms with Crippen LogP contribution in [0.15, 0.2) is 18.7 Å². The van der Waals surface area contributed by atoms with Gasteiger partial charge in [0.15, 0.2) is 0 Å². The van der Waals surface area contributed by atoms with Crippen LogP contribution in [0.4, 0.5) is 0 Å². The Bertz CT molecular complexity index is 283. The quantitative estimate of drug-likeness (QED) is 0.795. The molecule has 4 nitrogen and oxygen atoms in total. The van der Waals surface area contributed by atoms with Crippen LogP contribution in [0.3, 0.4) is 0 Å². The Morgan fingerprint density at radius 3 is 3.00 bits per heavy atom. The van der Waals surface area contributed by atoms with E-state index in [4.69, 9.17) is 5.73 Å². The lowest BCUT2D eigenvalue weighted by Crippen LogP contribution is -2.46.